The second kappa shape index (κ2) is 8.51. The minimum atomic E-state index is -0.418. The highest BCUT2D eigenvalue weighted by Gasteiger charge is 2.47. The second-order valence-corrected chi connectivity index (χ2v) is 8.81. The summed E-state index contributed by atoms with van der Waals surface area (Å²) in [7, 11) is 0. The van der Waals surface area contributed by atoms with Crippen LogP contribution in [0.5, 0.6) is 0 Å². The summed E-state index contributed by atoms with van der Waals surface area (Å²) >= 11 is 1.31. The molecule has 6 nitrogen and oxygen atoms in total. The summed E-state index contributed by atoms with van der Waals surface area (Å²) < 4.78 is 0. The van der Waals surface area contributed by atoms with Crippen molar-refractivity contribution < 1.29 is 14.4 Å². The highest BCUT2D eigenvalue weighted by Crippen LogP contribution is 2.35. The molecular formula is C25H21N3O3S. The van der Waals surface area contributed by atoms with Crippen molar-refractivity contribution in [3.05, 3.63) is 72.1 Å². The second-order valence-electron chi connectivity index (χ2n) is 7.95. The Morgan fingerprint density at radius 1 is 0.906 bits per heavy atom. The molecule has 1 aromatic heterocycles. The van der Waals surface area contributed by atoms with Gasteiger partial charge >= 0.3 is 0 Å². The number of fused-ring (bicyclic) bond motifs is 1. The Morgan fingerprint density at radius 3 is 2.16 bits per heavy atom. The van der Waals surface area contributed by atoms with Crippen molar-refractivity contribution in [2.24, 2.45) is 11.8 Å². The number of amides is 3. The van der Waals surface area contributed by atoms with Crippen LogP contribution in [0.4, 0.5) is 5.13 Å². The van der Waals surface area contributed by atoms with Crippen LogP contribution < -0.4 is 5.32 Å². The van der Waals surface area contributed by atoms with E-state index < -0.39 is 5.91 Å². The number of imide groups is 1. The quantitative estimate of drug-likeness (QED) is 0.469. The van der Waals surface area contributed by atoms with Crippen molar-refractivity contribution >= 4 is 34.2 Å². The number of likely N-dealkylation sites (tertiary alicyclic amines) is 1. The van der Waals surface area contributed by atoms with Gasteiger partial charge in [0.1, 0.15) is 6.54 Å². The summed E-state index contributed by atoms with van der Waals surface area (Å²) in [6.07, 6.45) is 4.98. The van der Waals surface area contributed by atoms with Gasteiger partial charge in [0.05, 0.1) is 17.5 Å². The Labute approximate surface area is 189 Å². The van der Waals surface area contributed by atoms with Crippen LogP contribution in [0.15, 0.2) is 72.1 Å². The summed E-state index contributed by atoms with van der Waals surface area (Å²) in [6, 6.07) is 18.2. The van der Waals surface area contributed by atoms with E-state index in [1.54, 1.807) is 0 Å². The molecule has 2 aromatic carbocycles. The van der Waals surface area contributed by atoms with Gasteiger partial charge in [-0.05, 0) is 24.0 Å². The number of carbonyl (C=O) groups is 3. The Balaban J connectivity index is 1.23. The molecule has 1 aliphatic carbocycles. The van der Waals surface area contributed by atoms with E-state index in [1.807, 2.05) is 60.0 Å². The number of nitrogens with zero attached hydrogens (tertiary/aromatic N) is 2. The lowest BCUT2D eigenvalue weighted by Crippen LogP contribution is -2.38. The highest BCUT2D eigenvalue weighted by atomic mass is 32.1. The lowest BCUT2D eigenvalue weighted by molar-refractivity contribution is -0.142. The van der Waals surface area contributed by atoms with Gasteiger partial charge in [0.15, 0.2) is 5.13 Å². The zero-order valence-electron chi connectivity index (χ0n) is 17.2. The summed E-state index contributed by atoms with van der Waals surface area (Å²) in [4.78, 5) is 43.2. The molecule has 160 valence electrons. The fourth-order valence-electron chi connectivity index (χ4n) is 4.26. The molecule has 0 unspecified atom stereocenters. The molecule has 3 aromatic rings. The number of benzene rings is 2. The van der Waals surface area contributed by atoms with Crippen molar-refractivity contribution in [1.29, 1.82) is 0 Å². The lowest BCUT2D eigenvalue weighted by atomic mass is 9.85. The number of hydrogen-bond donors (Lipinski definition) is 1. The van der Waals surface area contributed by atoms with Gasteiger partial charge in [0.2, 0.25) is 17.7 Å². The fraction of sp³-hybridized carbons (Fsp3) is 0.200. The Kier molecular flexibility index (Phi) is 5.41. The first-order valence-electron chi connectivity index (χ1n) is 10.5. The maximum Gasteiger partial charge on any atom is 0.246 e. The molecule has 0 bridgehead atoms. The van der Waals surface area contributed by atoms with Gasteiger partial charge in [-0.2, -0.15) is 0 Å². The van der Waals surface area contributed by atoms with Crippen LogP contribution in [0.1, 0.15) is 12.8 Å². The van der Waals surface area contributed by atoms with Gasteiger partial charge in [-0.15, -0.1) is 11.3 Å². The average molecular weight is 444 g/mol. The predicted molar refractivity (Wildman–Crippen MR) is 124 cm³/mol. The predicted octanol–water partition coefficient (Wildman–Crippen LogP) is 4.37. The number of anilines is 1. The zero-order chi connectivity index (χ0) is 22.1. The number of nitrogens with one attached hydrogen (secondary N) is 1. The van der Waals surface area contributed by atoms with Crippen molar-refractivity contribution in [3.8, 4) is 22.4 Å². The maximum atomic E-state index is 12.5. The van der Waals surface area contributed by atoms with Gasteiger partial charge in [-0.25, -0.2) is 4.98 Å². The molecule has 3 amide bonds. The standard InChI is InChI=1S/C25H21N3O3S/c29-22(14-28-23(30)19-8-4-5-9-20(19)24(28)31)27-25-26-21(15-32-25)18-12-10-17(11-13-18)16-6-2-1-3-7-16/h1-7,10-13,15,19-20H,8-9,14H2,(H,26,27,29)/t19-,20-/m0/s1. The molecule has 7 heteroatoms. The van der Waals surface area contributed by atoms with Gasteiger partial charge in [-0.1, -0.05) is 66.7 Å². The first kappa shape index (κ1) is 20.3. The topological polar surface area (TPSA) is 79.4 Å². The Bertz CT molecular complexity index is 1170. The summed E-state index contributed by atoms with van der Waals surface area (Å²) in [6.45, 7) is -0.272. The number of carbonyl (C=O) groups excluding carboxylic acids is 3. The lowest BCUT2D eigenvalue weighted by Gasteiger charge is -2.14. The van der Waals surface area contributed by atoms with E-state index in [4.69, 9.17) is 0 Å². The largest absolute Gasteiger partial charge is 0.300 e. The first-order valence-corrected chi connectivity index (χ1v) is 11.4. The molecule has 1 saturated heterocycles. The van der Waals surface area contributed by atoms with E-state index in [-0.39, 0.29) is 30.2 Å². The van der Waals surface area contributed by atoms with Crippen LogP contribution in [-0.4, -0.2) is 34.2 Å². The Morgan fingerprint density at radius 2 is 1.50 bits per heavy atom. The SMILES string of the molecule is O=C(CN1C(=O)[C@H]2CC=CC[C@@H]2C1=O)Nc1nc(-c2ccc(-c3ccccc3)cc2)cs1. The van der Waals surface area contributed by atoms with Crippen LogP contribution in [-0.2, 0) is 14.4 Å². The van der Waals surface area contributed by atoms with E-state index >= 15 is 0 Å². The van der Waals surface area contributed by atoms with Gasteiger partial charge in [-0.3, -0.25) is 19.3 Å². The molecule has 5 rings (SSSR count). The van der Waals surface area contributed by atoms with E-state index in [0.29, 0.717) is 18.0 Å². The molecule has 1 fully saturated rings. The minimum Gasteiger partial charge on any atom is -0.300 e. The molecule has 1 aliphatic heterocycles. The van der Waals surface area contributed by atoms with Crippen molar-refractivity contribution in [3.63, 3.8) is 0 Å². The fourth-order valence-corrected chi connectivity index (χ4v) is 4.99. The Hall–Kier alpha value is -3.58. The van der Waals surface area contributed by atoms with Crippen LogP contribution in [0.3, 0.4) is 0 Å². The molecular weight excluding hydrogens is 422 g/mol. The summed E-state index contributed by atoms with van der Waals surface area (Å²) in [5.41, 5.74) is 3.97. The van der Waals surface area contributed by atoms with Crippen LogP contribution in [0.2, 0.25) is 0 Å². The van der Waals surface area contributed by atoms with E-state index in [9.17, 15) is 14.4 Å². The smallest absolute Gasteiger partial charge is 0.246 e. The van der Waals surface area contributed by atoms with Crippen molar-refractivity contribution in [2.45, 2.75) is 12.8 Å². The number of allylic oxidation sites excluding steroid dienone is 2. The van der Waals surface area contributed by atoms with Crippen LogP contribution >= 0.6 is 11.3 Å². The van der Waals surface area contributed by atoms with Crippen molar-refractivity contribution in [1.82, 2.24) is 9.88 Å². The molecule has 2 aliphatic rings. The molecule has 1 N–H and O–H groups in total. The number of hydrogen-bond acceptors (Lipinski definition) is 5. The molecule has 2 heterocycles. The number of rotatable bonds is 5. The average Bonchev–Trinajstić information content (AvgIpc) is 3.39. The first-order chi connectivity index (χ1) is 15.6. The third-order valence-corrected chi connectivity index (χ3v) is 6.70. The third-order valence-electron chi connectivity index (χ3n) is 5.94. The van der Waals surface area contributed by atoms with Gasteiger partial charge < -0.3 is 5.32 Å². The van der Waals surface area contributed by atoms with E-state index in [2.05, 4.69) is 22.4 Å². The monoisotopic (exact) mass is 443 g/mol. The molecule has 2 atom stereocenters. The van der Waals surface area contributed by atoms with Gasteiger partial charge in [0.25, 0.3) is 0 Å². The van der Waals surface area contributed by atoms with Crippen LogP contribution in [0.25, 0.3) is 22.4 Å². The third kappa shape index (κ3) is 3.87. The van der Waals surface area contributed by atoms with Gasteiger partial charge in [0, 0.05) is 10.9 Å². The van der Waals surface area contributed by atoms with E-state index in [0.717, 1.165) is 27.3 Å². The number of thiazole rings is 1. The summed E-state index contributed by atoms with van der Waals surface area (Å²) in [5.74, 6) is -1.58. The zero-order valence-corrected chi connectivity index (χ0v) is 18.0. The number of aromatic nitrogens is 1. The molecule has 0 spiro atoms. The van der Waals surface area contributed by atoms with Crippen LogP contribution in [0, 0.1) is 11.8 Å². The minimum absolute atomic E-state index is 0.252. The molecule has 0 saturated carbocycles. The maximum absolute atomic E-state index is 12.5. The summed E-state index contributed by atoms with van der Waals surface area (Å²) in [5, 5.41) is 5.04. The highest BCUT2D eigenvalue weighted by molar-refractivity contribution is 7.14. The molecule has 0 radical (unpaired) electrons. The van der Waals surface area contributed by atoms with Crippen molar-refractivity contribution in [2.75, 3.05) is 11.9 Å². The molecule has 32 heavy (non-hydrogen) atoms. The normalized spacial score (nSPS) is 19.8. The van der Waals surface area contributed by atoms with E-state index in [1.165, 1.54) is 11.3 Å².